The average molecular weight is 411 g/mol. The molecule has 146 valence electrons. The molecule has 3 unspecified atom stereocenters. The highest BCUT2D eigenvalue weighted by Crippen LogP contribution is 2.25. The fourth-order valence-electron chi connectivity index (χ4n) is 2.13. The summed E-state index contributed by atoms with van der Waals surface area (Å²) in [5, 5.41) is -0.280. The van der Waals surface area contributed by atoms with Gasteiger partial charge in [-0.1, -0.05) is 27.7 Å². The Labute approximate surface area is 167 Å². The van der Waals surface area contributed by atoms with Gasteiger partial charge in [-0.2, -0.15) is 37.9 Å². The van der Waals surface area contributed by atoms with Crippen molar-refractivity contribution in [2.24, 2.45) is 5.41 Å². The van der Waals surface area contributed by atoms with Crippen molar-refractivity contribution >= 4 is 55.6 Å². The van der Waals surface area contributed by atoms with Gasteiger partial charge in [0.05, 0.1) is 12.8 Å². The first kappa shape index (κ1) is 24.7. The normalized spacial score (nSPS) is 17.1. The van der Waals surface area contributed by atoms with E-state index in [2.05, 4.69) is 37.9 Å². The third-order valence-corrected chi connectivity index (χ3v) is 3.78. The summed E-state index contributed by atoms with van der Waals surface area (Å²) in [5.74, 6) is -0.791. The van der Waals surface area contributed by atoms with Crippen LogP contribution in [0.5, 0.6) is 0 Å². The number of esters is 2. The molecule has 5 nitrogen and oxygen atoms in total. The van der Waals surface area contributed by atoms with Gasteiger partial charge >= 0.3 is 11.9 Å². The third kappa shape index (κ3) is 13.5. The molecule has 0 aliphatic carbocycles. The van der Waals surface area contributed by atoms with Crippen molar-refractivity contribution in [1.82, 2.24) is 0 Å². The highest BCUT2D eigenvalue weighted by molar-refractivity contribution is 7.81. The Morgan fingerprint density at radius 2 is 1.16 bits per heavy atom. The van der Waals surface area contributed by atoms with Crippen molar-refractivity contribution in [3.8, 4) is 0 Å². The van der Waals surface area contributed by atoms with Crippen LogP contribution in [-0.2, 0) is 23.9 Å². The van der Waals surface area contributed by atoms with E-state index < -0.39 is 5.41 Å². The Hall–Kier alpha value is -0.340. The number of Topliss-reactive ketones (excluding diaryl/α,β-unsaturated/α-hetero) is 1. The fraction of sp³-hybridized carbons (Fsp3) is 0.824. The van der Waals surface area contributed by atoms with Gasteiger partial charge in [0.1, 0.15) is 19.0 Å². The van der Waals surface area contributed by atoms with Gasteiger partial charge in [-0.25, -0.2) is 0 Å². The summed E-state index contributed by atoms with van der Waals surface area (Å²) in [6, 6.07) is 0. The number of ether oxygens (including phenoxy) is 2. The molecule has 0 fully saturated rings. The van der Waals surface area contributed by atoms with Crippen LogP contribution in [0.25, 0.3) is 0 Å². The lowest BCUT2D eigenvalue weighted by Crippen LogP contribution is -2.34. The van der Waals surface area contributed by atoms with E-state index in [9.17, 15) is 14.4 Å². The molecule has 3 atom stereocenters. The van der Waals surface area contributed by atoms with Crippen LogP contribution in [-0.4, -0.2) is 46.7 Å². The lowest BCUT2D eigenvalue weighted by molar-refractivity contribution is -0.155. The maximum Gasteiger partial charge on any atom is 0.306 e. The van der Waals surface area contributed by atoms with Crippen molar-refractivity contribution < 1.29 is 23.9 Å². The second-order valence-corrected chi connectivity index (χ2v) is 9.65. The number of carbonyl (C=O) groups is 3. The van der Waals surface area contributed by atoms with E-state index >= 15 is 0 Å². The molecule has 8 heteroatoms. The van der Waals surface area contributed by atoms with Crippen molar-refractivity contribution in [2.75, 3.05) is 13.2 Å². The van der Waals surface area contributed by atoms with E-state index in [4.69, 9.17) is 9.47 Å². The SMILES string of the molecule is CC(S)CC(=O)CC(C)(COC(=O)CC(C)S)COC(=O)CC(C)S. The number of thiol groups is 3. The van der Waals surface area contributed by atoms with Gasteiger partial charge in [0.15, 0.2) is 0 Å². The summed E-state index contributed by atoms with van der Waals surface area (Å²) in [5.41, 5.74) is -0.773. The molecular formula is C17H30O5S3. The Bertz CT molecular complexity index is 424. The van der Waals surface area contributed by atoms with Gasteiger partial charge in [-0.15, -0.1) is 0 Å². The van der Waals surface area contributed by atoms with Crippen LogP contribution in [0.1, 0.15) is 53.4 Å². The first-order chi connectivity index (χ1) is 11.4. The topological polar surface area (TPSA) is 69.7 Å². The van der Waals surface area contributed by atoms with Crippen molar-refractivity contribution in [1.29, 1.82) is 0 Å². The maximum atomic E-state index is 12.2. The molecule has 0 aromatic rings. The lowest BCUT2D eigenvalue weighted by Gasteiger charge is -2.28. The molecule has 0 amide bonds. The molecule has 0 aromatic heterocycles. The number of rotatable bonds is 12. The summed E-state index contributed by atoms with van der Waals surface area (Å²) in [4.78, 5) is 35.7. The molecule has 0 N–H and O–H groups in total. The number of hydrogen-bond acceptors (Lipinski definition) is 8. The molecule has 0 aromatic carbocycles. The van der Waals surface area contributed by atoms with Gasteiger partial charge in [0, 0.05) is 34.0 Å². The quantitative estimate of drug-likeness (QED) is 0.341. The van der Waals surface area contributed by atoms with Gasteiger partial charge in [-0.05, 0) is 0 Å². The summed E-state index contributed by atoms with van der Waals surface area (Å²) in [6.07, 6.45) is 0.808. The molecule has 0 aliphatic heterocycles. The standard InChI is InChI=1S/C17H30O5S3/c1-11(23)5-14(18)8-17(4,9-21-15(19)6-12(2)24)10-22-16(20)7-13(3)25/h11-13,23-25H,5-10H2,1-4H3. The molecule has 0 saturated carbocycles. The molecule has 0 rings (SSSR count). The van der Waals surface area contributed by atoms with Crippen molar-refractivity contribution in [3.05, 3.63) is 0 Å². The van der Waals surface area contributed by atoms with Crippen LogP contribution < -0.4 is 0 Å². The number of ketones is 1. The summed E-state index contributed by atoms with van der Waals surface area (Å²) in [6.45, 7) is 7.19. The smallest absolute Gasteiger partial charge is 0.306 e. The van der Waals surface area contributed by atoms with Crippen LogP contribution in [0.2, 0.25) is 0 Å². The van der Waals surface area contributed by atoms with Gasteiger partial charge < -0.3 is 9.47 Å². The van der Waals surface area contributed by atoms with Crippen LogP contribution in [0.4, 0.5) is 0 Å². The van der Waals surface area contributed by atoms with Crippen LogP contribution >= 0.6 is 37.9 Å². The van der Waals surface area contributed by atoms with Crippen LogP contribution in [0, 0.1) is 5.41 Å². The summed E-state index contributed by atoms with van der Waals surface area (Å²) >= 11 is 12.5. The molecular weight excluding hydrogens is 380 g/mol. The van der Waals surface area contributed by atoms with Gasteiger partial charge in [-0.3, -0.25) is 14.4 Å². The number of carbonyl (C=O) groups excluding carboxylic acids is 3. The highest BCUT2D eigenvalue weighted by atomic mass is 32.1. The van der Waals surface area contributed by atoms with Crippen LogP contribution in [0.3, 0.4) is 0 Å². The monoisotopic (exact) mass is 410 g/mol. The van der Waals surface area contributed by atoms with E-state index in [0.29, 0.717) is 6.42 Å². The number of hydrogen-bond donors (Lipinski definition) is 3. The van der Waals surface area contributed by atoms with Crippen LogP contribution in [0.15, 0.2) is 0 Å². The van der Waals surface area contributed by atoms with Gasteiger partial charge in [0.25, 0.3) is 0 Å². The minimum Gasteiger partial charge on any atom is -0.465 e. The first-order valence-corrected chi connectivity index (χ1v) is 9.85. The van der Waals surface area contributed by atoms with Crippen molar-refractivity contribution in [2.45, 2.75) is 69.1 Å². The molecule has 0 radical (unpaired) electrons. The second-order valence-electron chi connectivity index (χ2n) is 7.01. The minimum atomic E-state index is -0.773. The third-order valence-electron chi connectivity index (χ3n) is 3.23. The van der Waals surface area contributed by atoms with E-state index in [-0.39, 0.29) is 65.9 Å². The van der Waals surface area contributed by atoms with E-state index in [1.807, 2.05) is 6.92 Å². The van der Waals surface area contributed by atoms with E-state index in [1.165, 1.54) is 0 Å². The molecule has 0 heterocycles. The highest BCUT2D eigenvalue weighted by Gasteiger charge is 2.31. The second kappa shape index (κ2) is 12.1. The predicted molar refractivity (Wildman–Crippen MR) is 109 cm³/mol. The predicted octanol–water partition coefficient (Wildman–Crippen LogP) is 3.16. The summed E-state index contributed by atoms with van der Waals surface area (Å²) in [7, 11) is 0. The Balaban J connectivity index is 4.81. The molecule has 25 heavy (non-hydrogen) atoms. The maximum absolute atomic E-state index is 12.2. The minimum absolute atomic E-state index is 0.00271. The largest absolute Gasteiger partial charge is 0.465 e. The molecule has 0 spiro atoms. The zero-order valence-electron chi connectivity index (χ0n) is 15.4. The zero-order valence-corrected chi connectivity index (χ0v) is 18.0. The average Bonchev–Trinajstić information content (AvgIpc) is 2.41. The Kier molecular flexibility index (Phi) is 12.0. The Morgan fingerprint density at radius 1 is 0.800 bits per heavy atom. The molecule has 0 saturated heterocycles. The fourth-order valence-corrected chi connectivity index (χ4v) is 2.63. The van der Waals surface area contributed by atoms with Gasteiger partial charge in [0.2, 0.25) is 0 Å². The van der Waals surface area contributed by atoms with E-state index in [0.717, 1.165) is 0 Å². The Morgan fingerprint density at radius 3 is 1.48 bits per heavy atom. The van der Waals surface area contributed by atoms with Crippen molar-refractivity contribution in [3.63, 3.8) is 0 Å². The summed E-state index contributed by atoms with van der Waals surface area (Å²) < 4.78 is 10.5. The molecule has 0 aliphatic rings. The van der Waals surface area contributed by atoms with E-state index in [1.54, 1.807) is 20.8 Å². The lowest BCUT2D eigenvalue weighted by atomic mass is 9.85. The zero-order chi connectivity index (χ0) is 19.6. The molecule has 0 bridgehead atoms. The first-order valence-electron chi connectivity index (χ1n) is 8.30.